The summed E-state index contributed by atoms with van der Waals surface area (Å²) in [5, 5.41) is 30.3. The molecule has 9 rings (SSSR count). The summed E-state index contributed by atoms with van der Waals surface area (Å²) >= 11 is 1.77. The molecule has 65 heavy (non-hydrogen) atoms. The van der Waals surface area contributed by atoms with E-state index in [4.69, 9.17) is 27.0 Å². The molecule has 9 unspecified atom stereocenters. The van der Waals surface area contributed by atoms with Gasteiger partial charge in [-0.05, 0) is 73.6 Å². The van der Waals surface area contributed by atoms with Gasteiger partial charge >= 0.3 is 16.4 Å². The van der Waals surface area contributed by atoms with Gasteiger partial charge in [0, 0.05) is 104 Å². The molecular weight excluding hydrogens is 871 g/mol. The van der Waals surface area contributed by atoms with E-state index in [9.17, 15) is 19.8 Å². The van der Waals surface area contributed by atoms with Crippen LogP contribution in [0.5, 0.6) is 5.75 Å². The summed E-state index contributed by atoms with van der Waals surface area (Å²) in [5.41, 5.74) is 1.80. The fourth-order valence-electron chi connectivity index (χ4n) is 13.0. The number of nitrogens with zero attached hydrogens (tertiary/aromatic N) is 3. The SMILES string of the molecule is CCCSCCNC(=O)C1(O)C(O)C2(CC)C=CCN3CCC4(c5cc(C6(OC(C)=O)CC7C=C(CC)CN(CCc8c6[nH]c6ccccc86)C7)c(OC)cc5N(C)C14)C32.O=S(=O)(O)O. The summed E-state index contributed by atoms with van der Waals surface area (Å²) in [6.45, 7) is 12.4. The number of methoxy groups -OCH3 is 1. The number of ether oxygens (including phenoxy) is 2. The summed E-state index contributed by atoms with van der Waals surface area (Å²) in [6, 6.07) is 11.6. The molecule has 17 heteroatoms. The van der Waals surface area contributed by atoms with Crippen LogP contribution >= 0.6 is 11.8 Å². The predicted octanol–water partition coefficient (Wildman–Crippen LogP) is 5.01. The number of thioether (sulfide) groups is 1. The third-order valence-electron chi connectivity index (χ3n) is 15.3. The van der Waals surface area contributed by atoms with Crippen LogP contribution in [0.4, 0.5) is 5.69 Å². The third-order valence-corrected chi connectivity index (χ3v) is 16.4. The molecule has 354 valence electrons. The van der Waals surface area contributed by atoms with Crippen molar-refractivity contribution in [3.05, 3.63) is 82.6 Å². The number of anilines is 1. The van der Waals surface area contributed by atoms with Crippen molar-refractivity contribution < 1.29 is 46.8 Å². The monoisotopic (exact) mass is 935 g/mol. The molecule has 2 aromatic carbocycles. The van der Waals surface area contributed by atoms with Gasteiger partial charge in [-0.1, -0.05) is 62.8 Å². The summed E-state index contributed by atoms with van der Waals surface area (Å²) in [7, 11) is -1.05. The van der Waals surface area contributed by atoms with Crippen molar-refractivity contribution in [1.29, 1.82) is 0 Å². The molecule has 1 saturated carbocycles. The Hall–Kier alpha value is -3.94. The number of hydrogen-bond acceptors (Lipinski definition) is 12. The number of aromatic nitrogens is 1. The molecule has 1 aliphatic carbocycles. The average Bonchev–Trinajstić information content (AvgIpc) is 3.93. The standard InChI is InChI=1S/C48H63N5O6S.H2O4S/c1-7-22-60-23-18-49-44(56)48(57)42-46(17-21-53-19-12-16-45(9-3,41(46)53)43(48)55)35-25-36(39(58-6)26-38(35)51(42)5)47(59-30(4)54)27-32-24-31(8-2)28-52(29-32)20-15-34-33-13-10-11-14-37(33)50-40(34)47;1-5(2,3)4/h10-14,16,24-26,32,41-43,50,55,57H,7-9,15,17-23,27-29H2,1-6H3,(H,49,56);(H2,1,2,3,4). The molecule has 1 spiro atoms. The molecule has 9 atom stereocenters. The lowest BCUT2D eigenvalue weighted by Crippen LogP contribution is -2.81. The number of fused-ring (bicyclic) bond motifs is 6. The maximum Gasteiger partial charge on any atom is 0.394 e. The molecule has 1 amide bonds. The van der Waals surface area contributed by atoms with Crippen molar-refractivity contribution in [1.82, 2.24) is 20.1 Å². The van der Waals surface area contributed by atoms with Crippen LogP contribution in [-0.4, -0.2) is 143 Å². The number of benzene rings is 2. The number of aliphatic hydroxyl groups excluding tert-OH is 1. The maximum absolute atomic E-state index is 14.8. The number of amides is 1. The zero-order valence-electron chi connectivity index (χ0n) is 38.3. The Morgan fingerprint density at radius 1 is 1.06 bits per heavy atom. The first-order chi connectivity index (χ1) is 30.9. The Labute approximate surface area is 386 Å². The summed E-state index contributed by atoms with van der Waals surface area (Å²) in [4.78, 5) is 39.5. The van der Waals surface area contributed by atoms with Gasteiger partial charge in [0.2, 0.25) is 0 Å². The zero-order valence-corrected chi connectivity index (χ0v) is 39.9. The summed E-state index contributed by atoms with van der Waals surface area (Å²) < 4.78 is 45.0. The highest BCUT2D eigenvalue weighted by molar-refractivity contribution is 7.99. The number of carbonyl (C=O) groups is 2. The maximum atomic E-state index is 14.8. The highest BCUT2D eigenvalue weighted by Crippen LogP contribution is 2.67. The van der Waals surface area contributed by atoms with Crippen LogP contribution in [0.1, 0.15) is 82.2 Å². The van der Waals surface area contributed by atoms with Gasteiger partial charge in [-0.15, -0.1) is 0 Å². The molecule has 2 fully saturated rings. The Bertz CT molecular complexity index is 2490. The van der Waals surface area contributed by atoms with Gasteiger partial charge in [0.25, 0.3) is 5.91 Å². The third kappa shape index (κ3) is 7.80. The average molecular weight is 936 g/mol. The van der Waals surface area contributed by atoms with E-state index >= 15 is 0 Å². The van der Waals surface area contributed by atoms with Crippen molar-refractivity contribution in [2.75, 3.05) is 69.8 Å². The minimum Gasteiger partial charge on any atom is -0.496 e. The number of aliphatic hydroxyl groups is 2. The van der Waals surface area contributed by atoms with Crippen LogP contribution in [0.25, 0.3) is 10.9 Å². The van der Waals surface area contributed by atoms with Crippen LogP contribution in [0.3, 0.4) is 0 Å². The second kappa shape index (κ2) is 17.9. The van der Waals surface area contributed by atoms with Crippen molar-refractivity contribution >= 4 is 50.6 Å². The van der Waals surface area contributed by atoms with Crippen LogP contribution < -0.4 is 15.0 Å². The van der Waals surface area contributed by atoms with Crippen LogP contribution in [-0.2, 0) is 42.2 Å². The number of H-pyrrole nitrogens is 1. The number of hydrogen-bond donors (Lipinski definition) is 6. The van der Waals surface area contributed by atoms with Crippen molar-refractivity contribution in [2.45, 2.75) is 101 Å². The molecule has 1 saturated heterocycles. The highest BCUT2D eigenvalue weighted by Gasteiger charge is 2.78. The van der Waals surface area contributed by atoms with Crippen LogP contribution in [0.15, 0.2) is 60.2 Å². The number of aromatic amines is 1. The number of para-hydroxylation sites is 1. The van der Waals surface area contributed by atoms with Gasteiger partial charge in [-0.2, -0.15) is 20.2 Å². The first-order valence-corrected chi connectivity index (χ1v) is 25.5. The molecule has 3 aromatic rings. The van der Waals surface area contributed by atoms with Crippen LogP contribution in [0.2, 0.25) is 0 Å². The number of nitrogens with one attached hydrogen (secondary N) is 2. The molecule has 1 aromatic heterocycles. The zero-order chi connectivity index (χ0) is 46.7. The highest BCUT2D eigenvalue weighted by atomic mass is 32.3. The smallest absolute Gasteiger partial charge is 0.394 e. The van der Waals surface area contributed by atoms with E-state index < -0.39 is 50.5 Å². The number of likely N-dealkylation sites (N-methyl/N-ethyl adjacent to an activating group) is 1. The Morgan fingerprint density at radius 3 is 2.51 bits per heavy atom. The van der Waals surface area contributed by atoms with Gasteiger partial charge in [-0.25, -0.2) is 0 Å². The van der Waals surface area contributed by atoms with E-state index in [1.807, 2.05) is 24.1 Å². The molecule has 6 N–H and O–H groups in total. The lowest BCUT2D eigenvalue weighted by Gasteiger charge is -2.63. The summed E-state index contributed by atoms with van der Waals surface area (Å²) in [6.07, 6.45) is 9.70. The van der Waals surface area contributed by atoms with E-state index in [0.29, 0.717) is 31.6 Å². The van der Waals surface area contributed by atoms with E-state index in [1.54, 1.807) is 18.9 Å². The fraction of sp³-hybridized carbons (Fsp3) is 0.583. The lowest BCUT2D eigenvalue weighted by atomic mass is 9.47. The quantitative estimate of drug-likeness (QED) is 0.0648. The first kappa shape index (κ1) is 47.5. The molecule has 6 heterocycles. The normalized spacial score (nSPS) is 32.4. The van der Waals surface area contributed by atoms with Gasteiger partial charge in [0.15, 0.2) is 11.2 Å². The molecule has 6 aliphatic rings. The fourth-order valence-corrected chi connectivity index (χ4v) is 13.8. The topological polar surface area (TPSA) is 205 Å². The Balaban J connectivity index is 0.00000109. The summed E-state index contributed by atoms with van der Waals surface area (Å²) in [5.74, 6) is 1.42. The minimum atomic E-state index is -4.67. The number of rotatable bonds is 11. The van der Waals surface area contributed by atoms with Gasteiger partial charge in [0.1, 0.15) is 11.9 Å². The number of carbonyl (C=O) groups excluding carboxylic acids is 2. The minimum absolute atomic E-state index is 0.0734. The first-order valence-electron chi connectivity index (χ1n) is 23.0. The van der Waals surface area contributed by atoms with Gasteiger partial charge < -0.3 is 34.9 Å². The molecule has 2 bridgehead atoms. The second-order valence-electron chi connectivity index (χ2n) is 18.8. The molecule has 0 radical (unpaired) electrons. The van der Waals surface area contributed by atoms with Crippen molar-refractivity contribution in [2.24, 2.45) is 11.3 Å². The second-order valence-corrected chi connectivity index (χ2v) is 20.9. The van der Waals surface area contributed by atoms with Crippen LogP contribution in [0, 0.1) is 11.3 Å². The molecular formula is C48H65N5O10S2. The van der Waals surface area contributed by atoms with Gasteiger partial charge in [-0.3, -0.25) is 28.5 Å². The van der Waals surface area contributed by atoms with Crippen molar-refractivity contribution in [3.63, 3.8) is 0 Å². The molecule has 15 nitrogen and oxygen atoms in total. The lowest BCUT2D eigenvalue weighted by molar-refractivity contribution is -0.203. The van der Waals surface area contributed by atoms with E-state index in [1.165, 1.54) is 12.5 Å². The Morgan fingerprint density at radius 2 is 1.82 bits per heavy atom. The predicted molar refractivity (Wildman–Crippen MR) is 252 cm³/mol. The molecule has 5 aliphatic heterocycles. The van der Waals surface area contributed by atoms with Crippen molar-refractivity contribution in [3.8, 4) is 5.75 Å². The van der Waals surface area contributed by atoms with E-state index in [-0.39, 0.29) is 17.9 Å². The van der Waals surface area contributed by atoms with E-state index in [2.05, 4.69) is 83.4 Å². The van der Waals surface area contributed by atoms with E-state index in [0.717, 1.165) is 102 Å². The largest absolute Gasteiger partial charge is 0.496 e. The number of esters is 1. The van der Waals surface area contributed by atoms with Gasteiger partial charge in [0.05, 0.1) is 18.8 Å². The Kier molecular flexibility index (Phi) is 13.1.